The third kappa shape index (κ3) is 3.02. The van der Waals surface area contributed by atoms with Crippen LogP contribution in [0.4, 0.5) is 0 Å². The number of aryl methyl sites for hydroxylation is 3. The summed E-state index contributed by atoms with van der Waals surface area (Å²) >= 11 is 9.81. The van der Waals surface area contributed by atoms with Gasteiger partial charge in [0.05, 0.1) is 5.69 Å². The monoisotopic (exact) mass is 341 g/mol. The predicted molar refractivity (Wildman–Crippen MR) is 82.5 cm³/mol. The quantitative estimate of drug-likeness (QED) is 0.924. The molecule has 0 saturated carbocycles. The molecule has 19 heavy (non-hydrogen) atoms. The van der Waals surface area contributed by atoms with Crippen LogP contribution in [0.25, 0.3) is 0 Å². The molecule has 2 N–H and O–H groups in total. The second-order valence-electron chi connectivity index (χ2n) is 4.81. The molecule has 0 aliphatic carbocycles. The van der Waals surface area contributed by atoms with E-state index in [0.717, 1.165) is 21.3 Å². The van der Waals surface area contributed by atoms with Gasteiger partial charge in [0.2, 0.25) is 0 Å². The van der Waals surface area contributed by atoms with Crippen LogP contribution in [0.15, 0.2) is 22.7 Å². The smallest absolute Gasteiger partial charge is 0.130 e. The third-order valence-electron chi connectivity index (χ3n) is 3.25. The van der Waals surface area contributed by atoms with E-state index >= 15 is 0 Å². The van der Waals surface area contributed by atoms with Crippen molar-refractivity contribution in [3.8, 4) is 0 Å². The summed E-state index contributed by atoms with van der Waals surface area (Å²) in [5, 5.41) is 4.97. The number of nitrogens with two attached hydrogens (primary N) is 1. The molecule has 0 saturated heterocycles. The van der Waals surface area contributed by atoms with Crippen molar-refractivity contribution in [2.24, 2.45) is 12.8 Å². The molecule has 2 aromatic rings. The molecule has 1 unspecified atom stereocenters. The Morgan fingerprint density at radius 3 is 2.63 bits per heavy atom. The van der Waals surface area contributed by atoms with E-state index in [-0.39, 0.29) is 6.04 Å². The molecule has 1 heterocycles. The van der Waals surface area contributed by atoms with Gasteiger partial charge in [-0.2, -0.15) is 5.10 Å². The Labute approximate surface area is 126 Å². The predicted octanol–water partition coefficient (Wildman–Crippen LogP) is 3.70. The van der Waals surface area contributed by atoms with Gasteiger partial charge < -0.3 is 5.73 Å². The van der Waals surface area contributed by atoms with Gasteiger partial charge in [0.15, 0.2) is 0 Å². The highest BCUT2D eigenvalue weighted by Crippen LogP contribution is 2.28. The Morgan fingerprint density at radius 2 is 2.11 bits per heavy atom. The zero-order valence-electron chi connectivity index (χ0n) is 11.2. The van der Waals surface area contributed by atoms with Gasteiger partial charge in [0.25, 0.3) is 0 Å². The maximum atomic E-state index is 6.30. The highest BCUT2D eigenvalue weighted by Gasteiger charge is 2.17. The molecular formula is C14H17BrClN3. The van der Waals surface area contributed by atoms with Gasteiger partial charge >= 0.3 is 0 Å². The van der Waals surface area contributed by atoms with Crippen LogP contribution in [0, 0.1) is 13.8 Å². The van der Waals surface area contributed by atoms with Gasteiger partial charge in [-0.05, 0) is 37.5 Å². The SMILES string of the molecule is Cc1ccc(C(N)Cc2c(C)nn(C)c2Cl)c(Br)c1. The van der Waals surface area contributed by atoms with E-state index in [2.05, 4.69) is 46.2 Å². The Kier molecular flexibility index (Phi) is 4.33. The summed E-state index contributed by atoms with van der Waals surface area (Å²) in [5.41, 5.74) is 10.5. The minimum Gasteiger partial charge on any atom is -0.324 e. The van der Waals surface area contributed by atoms with Crippen LogP contribution < -0.4 is 5.73 Å². The first kappa shape index (κ1) is 14.6. The van der Waals surface area contributed by atoms with E-state index in [1.807, 2.05) is 14.0 Å². The Bertz CT molecular complexity index is 607. The molecule has 0 fully saturated rings. The van der Waals surface area contributed by atoms with Gasteiger partial charge in [0, 0.05) is 23.1 Å². The average molecular weight is 343 g/mol. The maximum absolute atomic E-state index is 6.30. The van der Waals surface area contributed by atoms with Gasteiger partial charge in [-0.15, -0.1) is 0 Å². The number of benzene rings is 1. The summed E-state index contributed by atoms with van der Waals surface area (Å²) in [6.45, 7) is 4.01. The summed E-state index contributed by atoms with van der Waals surface area (Å²) in [7, 11) is 1.84. The first-order chi connectivity index (χ1) is 8.90. The summed E-state index contributed by atoms with van der Waals surface area (Å²) < 4.78 is 2.72. The van der Waals surface area contributed by atoms with Crippen molar-refractivity contribution in [3.05, 3.63) is 50.2 Å². The van der Waals surface area contributed by atoms with Gasteiger partial charge in [-0.3, -0.25) is 4.68 Å². The highest BCUT2D eigenvalue weighted by atomic mass is 79.9. The lowest BCUT2D eigenvalue weighted by molar-refractivity contribution is 0.714. The van der Waals surface area contributed by atoms with Crippen LogP contribution in [0.2, 0.25) is 5.15 Å². The highest BCUT2D eigenvalue weighted by molar-refractivity contribution is 9.10. The van der Waals surface area contributed by atoms with E-state index < -0.39 is 0 Å². The standard InChI is InChI=1S/C14H17BrClN3/c1-8-4-5-10(12(15)6-8)13(17)7-11-9(2)18-19(3)14(11)16/h4-6,13H,7,17H2,1-3H3. The topological polar surface area (TPSA) is 43.8 Å². The second kappa shape index (κ2) is 5.65. The minimum atomic E-state index is -0.102. The Morgan fingerprint density at radius 1 is 1.42 bits per heavy atom. The van der Waals surface area contributed by atoms with Crippen molar-refractivity contribution in [1.82, 2.24) is 9.78 Å². The normalized spacial score (nSPS) is 12.7. The molecular weight excluding hydrogens is 326 g/mol. The minimum absolute atomic E-state index is 0.102. The summed E-state index contributed by atoms with van der Waals surface area (Å²) in [6.07, 6.45) is 0.681. The molecule has 5 heteroatoms. The van der Waals surface area contributed by atoms with Crippen molar-refractivity contribution in [3.63, 3.8) is 0 Å². The molecule has 0 aliphatic heterocycles. The first-order valence-corrected chi connectivity index (χ1v) is 7.27. The lowest BCUT2D eigenvalue weighted by Crippen LogP contribution is -2.14. The van der Waals surface area contributed by atoms with Crippen LogP contribution in [-0.2, 0) is 13.5 Å². The van der Waals surface area contributed by atoms with E-state index in [0.29, 0.717) is 11.6 Å². The van der Waals surface area contributed by atoms with E-state index in [1.54, 1.807) is 4.68 Å². The number of aromatic nitrogens is 2. The fraction of sp³-hybridized carbons (Fsp3) is 0.357. The van der Waals surface area contributed by atoms with E-state index in [9.17, 15) is 0 Å². The third-order valence-corrected chi connectivity index (χ3v) is 4.41. The number of halogens is 2. The van der Waals surface area contributed by atoms with Crippen molar-refractivity contribution >= 4 is 27.5 Å². The lowest BCUT2D eigenvalue weighted by atomic mass is 9.99. The molecule has 1 atom stereocenters. The number of rotatable bonds is 3. The number of nitrogens with zero attached hydrogens (tertiary/aromatic N) is 2. The maximum Gasteiger partial charge on any atom is 0.130 e. The molecule has 3 nitrogen and oxygen atoms in total. The summed E-state index contributed by atoms with van der Waals surface area (Å²) in [4.78, 5) is 0. The van der Waals surface area contributed by atoms with Crippen molar-refractivity contribution in [2.75, 3.05) is 0 Å². The van der Waals surface area contributed by atoms with Gasteiger partial charge in [0.1, 0.15) is 5.15 Å². The molecule has 0 spiro atoms. The fourth-order valence-electron chi connectivity index (χ4n) is 2.17. The summed E-state index contributed by atoms with van der Waals surface area (Å²) in [6, 6.07) is 6.10. The molecule has 0 radical (unpaired) electrons. The van der Waals surface area contributed by atoms with Crippen LogP contribution in [0.3, 0.4) is 0 Å². The lowest BCUT2D eigenvalue weighted by Gasteiger charge is -2.14. The number of hydrogen-bond donors (Lipinski definition) is 1. The second-order valence-corrected chi connectivity index (χ2v) is 6.03. The van der Waals surface area contributed by atoms with Crippen molar-refractivity contribution < 1.29 is 0 Å². The molecule has 1 aromatic carbocycles. The van der Waals surface area contributed by atoms with Gasteiger partial charge in [-0.25, -0.2) is 0 Å². The van der Waals surface area contributed by atoms with Crippen molar-refractivity contribution in [1.29, 1.82) is 0 Å². The van der Waals surface area contributed by atoms with Crippen molar-refractivity contribution in [2.45, 2.75) is 26.3 Å². The van der Waals surface area contributed by atoms with Crippen LogP contribution >= 0.6 is 27.5 Å². The van der Waals surface area contributed by atoms with Crippen LogP contribution in [0.5, 0.6) is 0 Å². The van der Waals surface area contributed by atoms with E-state index in [4.69, 9.17) is 17.3 Å². The largest absolute Gasteiger partial charge is 0.324 e. The van der Waals surface area contributed by atoms with E-state index in [1.165, 1.54) is 5.56 Å². The average Bonchev–Trinajstić information content (AvgIpc) is 2.56. The summed E-state index contributed by atoms with van der Waals surface area (Å²) in [5.74, 6) is 0. The molecule has 0 amide bonds. The fourth-order valence-corrected chi connectivity index (χ4v) is 3.21. The molecule has 2 rings (SSSR count). The molecule has 102 valence electrons. The van der Waals surface area contributed by atoms with Crippen LogP contribution in [0.1, 0.15) is 28.4 Å². The number of hydrogen-bond acceptors (Lipinski definition) is 2. The molecule has 1 aromatic heterocycles. The Balaban J connectivity index is 2.28. The first-order valence-electron chi connectivity index (χ1n) is 6.09. The molecule has 0 aliphatic rings. The van der Waals surface area contributed by atoms with Gasteiger partial charge in [-0.1, -0.05) is 39.7 Å². The van der Waals surface area contributed by atoms with Crippen LogP contribution in [-0.4, -0.2) is 9.78 Å². The zero-order valence-corrected chi connectivity index (χ0v) is 13.6. The molecule has 0 bridgehead atoms. The Hall–Kier alpha value is -0.840. The zero-order chi connectivity index (χ0) is 14.2.